The Hall–Kier alpha value is -2.07. The zero-order valence-electron chi connectivity index (χ0n) is 15.0. The Balaban J connectivity index is 1.89. The minimum Gasteiger partial charge on any atom is -0.494 e. The molecule has 3 nitrogen and oxygen atoms in total. The number of halogens is 1. The first-order valence-electron chi connectivity index (χ1n) is 9.08. The van der Waals surface area contributed by atoms with Gasteiger partial charge >= 0.3 is 0 Å². The van der Waals surface area contributed by atoms with Gasteiger partial charge in [0.2, 0.25) is 0 Å². The minimum atomic E-state index is 0.00746. The van der Waals surface area contributed by atoms with Crippen molar-refractivity contribution < 1.29 is 13.9 Å². The summed E-state index contributed by atoms with van der Waals surface area (Å²) in [5.41, 5.74) is 2.13. The van der Waals surface area contributed by atoms with Crippen LogP contribution in [0, 0.1) is 0 Å². The van der Waals surface area contributed by atoms with E-state index in [0.717, 1.165) is 53.5 Å². The van der Waals surface area contributed by atoms with E-state index in [1.54, 1.807) is 0 Å². The Morgan fingerprint density at radius 3 is 2.58 bits per heavy atom. The Bertz CT molecular complexity index is 865. The molecule has 0 aliphatic carbocycles. The summed E-state index contributed by atoms with van der Waals surface area (Å²) in [6, 6.07) is 15.1. The highest BCUT2D eigenvalue weighted by Crippen LogP contribution is 2.29. The molecule has 0 radical (unpaired) electrons. The van der Waals surface area contributed by atoms with Gasteiger partial charge in [0.25, 0.3) is 0 Å². The Morgan fingerprint density at radius 2 is 1.85 bits per heavy atom. The number of hydrogen-bond donors (Lipinski definition) is 0. The second kappa shape index (κ2) is 9.04. The molecule has 0 N–H and O–H groups in total. The number of unbranched alkanes of at least 4 members (excludes halogenated alkanes) is 1. The molecule has 1 heterocycles. The molecule has 2 aromatic carbocycles. The van der Waals surface area contributed by atoms with E-state index in [1.165, 1.54) is 0 Å². The van der Waals surface area contributed by atoms with Crippen LogP contribution in [0.4, 0.5) is 0 Å². The predicted molar refractivity (Wildman–Crippen MR) is 109 cm³/mol. The molecule has 4 heteroatoms. The molecule has 0 aliphatic rings. The molecule has 0 aliphatic heterocycles. The Morgan fingerprint density at radius 1 is 1.08 bits per heavy atom. The monoisotopic (exact) mass is 414 g/mol. The highest BCUT2D eigenvalue weighted by atomic mass is 79.9. The van der Waals surface area contributed by atoms with E-state index in [2.05, 4.69) is 22.9 Å². The fourth-order valence-corrected chi connectivity index (χ4v) is 3.18. The van der Waals surface area contributed by atoms with Crippen LogP contribution in [0.25, 0.3) is 11.0 Å². The molecule has 0 fully saturated rings. The van der Waals surface area contributed by atoms with Gasteiger partial charge in [-0.2, -0.15) is 0 Å². The first-order chi connectivity index (χ1) is 12.7. The van der Waals surface area contributed by atoms with E-state index < -0.39 is 0 Å². The number of alkyl halides is 1. The van der Waals surface area contributed by atoms with Crippen molar-refractivity contribution >= 4 is 32.7 Å². The molecule has 136 valence electrons. The number of benzene rings is 2. The first kappa shape index (κ1) is 18.7. The third-order valence-electron chi connectivity index (χ3n) is 4.32. The number of hydrogen-bond acceptors (Lipinski definition) is 3. The smallest absolute Gasteiger partial charge is 0.197 e. The first-order valence-corrected chi connectivity index (χ1v) is 10.2. The van der Waals surface area contributed by atoms with Gasteiger partial charge in [-0.1, -0.05) is 47.5 Å². The van der Waals surface area contributed by atoms with Crippen LogP contribution in [-0.4, -0.2) is 17.7 Å². The SMILES string of the molecule is CCCCc1oc2ccccc2c1C(=O)c1ccc(OCCCBr)cc1. The predicted octanol–water partition coefficient (Wildman–Crippen LogP) is 6.17. The van der Waals surface area contributed by atoms with Crippen LogP contribution >= 0.6 is 15.9 Å². The molecule has 0 amide bonds. The van der Waals surface area contributed by atoms with E-state index in [1.807, 2.05) is 48.5 Å². The number of ether oxygens (including phenoxy) is 1. The van der Waals surface area contributed by atoms with Gasteiger partial charge in [-0.15, -0.1) is 0 Å². The van der Waals surface area contributed by atoms with Gasteiger partial charge in [0.1, 0.15) is 17.1 Å². The maximum absolute atomic E-state index is 13.2. The fraction of sp³-hybridized carbons (Fsp3) is 0.318. The quantitative estimate of drug-likeness (QED) is 0.238. The lowest BCUT2D eigenvalue weighted by molar-refractivity contribution is 0.103. The third-order valence-corrected chi connectivity index (χ3v) is 4.88. The summed E-state index contributed by atoms with van der Waals surface area (Å²) < 4.78 is 11.6. The van der Waals surface area contributed by atoms with E-state index in [4.69, 9.17) is 9.15 Å². The van der Waals surface area contributed by atoms with Gasteiger partial charge < -0.3 is 9.15 Å². The van der Waals surface area contributed by atoms with Crippen LogP contribution in [0.1, 0.15) is 47.9 Å². The minimum absolute atomic E-state index is 0.00746. The number of aryl methyl sites for hydroxylation is 1. The highest BCUT2D eigenvalue weighted by Gasteiger charge is 2.21. The molecular weight excluding hydrogens is 392 g/mol. The number of carbonyl (C=O) groups excluding carboxylic acids is 1. The summed E-state index contributed by atoms with van der Waals surface area (Å²) in [4.78, 5) is 13.2. The Labute approximate surface area is 162 Å². The van der Waals surface area contributed by atoms with Crippen LogP contribution in [0.15, 0.2) is 52.9 Å². The summed E-state index contributed by atoms with van der Waals surface area (Å²) in [5.74, 6) is 1.58. The van der Waals surface area contributed by atoms with Crippen molar-refractivity contribution in [2.24, 2.45) is 0 Å². The molecule has 0 atom stereocenters. The number of para-hydroxylation sites is 1. The Kier molecular flexibility index (Phi) is 6.51. The molecule has 3 aromatic rings. The molecule has 0 saturated carbocycles. The van der Waals surface area contributed by atoms with Crippen LogP contribution in [0.2, 0.25) is 0 Å². The third kappa shape index (κ3) is 4.18. The average molecular weight is 415 g/mol. The number of rotatable bonds is 9. The van der Waals surface area contributed by atoms with Crippen LogP contribution in [0.3, 0.4) is 0 Å². The molecule has 0 spiro atoms. The molecule has 0 saturated heterocycles. The number of fused-ring (bicyclic) bond motifs is 1. The number of furan rings is 1. The van der Waals surface area contributed by atoms with Gasteiger partial charge in [-0.05, 0) is 43.2 Å². The lowest BCUT2D eigenvalue weighted by Crippen LogP contribution is -2.04. The molecule has 3 rings (SSSR count). The van der Waals surface area contributed by atoms with Gasteiger partial charge in [0.05, 0.1) is 12.2 Å². The zero-order valence-corrected chi connectivity index (χ0v) is 16.6. The second-order valence-electron chi connectivity index (χ2n) is 6.24. The summed E-state index contributed by atoms with van der Waals surface area (Å²) in [6.45, 7) is 2.80. The zero-order chi connectivity index (χ0) is 18.4. The summed E-state index contributed by atoms with van der Waals surface area (Å²) in [6.07, 6.45) is 3.79. The van der Waals surface area contributed by atoms with Crippen molar-refractivity contribution in [2.75, 3.05) is 11.9 Å². The van der Waals surface area contributed by atoms with E-state index in [-0.39, 0.29) is 5.78 Å². The lowest BCUT2D eigenvalue weighted by atomic mass is 9.98. The fourth-order valence-electron chi connectivity index (χ4n) is 2.95. The average Bonchev–Trinajstić information content (AvgIpc) is 3.05. The van der Waals surface area contributed by atoms with Crippen molar-refractivity contribution in [1.29, 1.82) is 0 Å². The van der Waals surface area contributed by atoms with Crippen molar-refractivity contribution in [3.63, 3.8) is 0 Å². The molecular formula is C22H23BrO3. The number of ketones is 1. The van der Waals surface area contributed by atoms with Crippen molar-refractivity contribution in [1.82, 2.24) is 0 Å². The lowest BCUT2D eigenvalue weighted by Gasteiger charge is -2.07. The molecule has 26 heavy (non-hydrogen) atoms. The van der Waals surface area contributed by atoms with Gasteiger partial charge in [0, 0.05) is 22.7 Å². The second-order valence-corrected chi connectivity index (χ2v) is 7.04. The summed E-state index contributed by atoms with van der Waals surface area (Å²) in [7, 11) is 0. The summed E-state index contributed by atoms with van der Waals surface area (Å²) >= 11 is 3.39. The van der Waals surface area contributed by atoms with E-state index in [9.17, 15) is 4.79 Å². The highest BCUT2D eigenvalue weighted by molar-refractivity contribution is 9.09. The van der Waals surface area contributed by atoms with Gasteiger partial charge in [-0.25, -0.2) is 0 Å². The molecule has 1 aromatic heterocycles. The normalized spacial score (nSPS) is 11.0. The van der Waals surface area contributed by atoms with Gasteiger partial charge in [0.15, 0.2) is 5.78 Å². The van der Waals surface area contributed by atoms with Crippen molar-refractivity contribution in [2.45, 2.75) is 32.6 Å². The standard InChI is InChI=1S/C22H23BrO3/c1-2-3-8-20-21(18-7-4-5-9-19(18)26-20)22(24)16-10-12-17(13-11-16)25-15-6-14-23/h4-5,7,9-13H,2-3,6,8,14-15H2,1H3. The maximum Gasteiger partial charge on any atom is 0.197 e. The molecule has 0 unspecified atom stereocenters. The summed E-state index contributed by atoms with van der Waals surface area (Å²) in [5, 5.41) is 1.80. The van der Waals surface area contributed by atoms with Gasteiger partial charge in [-0.3, -0.25) is 4.79 Å². The topological polar surface area (TPSA) is 39.4 Å². The largest absolute Gasteiger partial charge is 0.494 e. The number of carbonyl (C=O) groups is 1. The van der Waals surface area contributed by atoms with Crippen LogP contribution in [0.5, 0.6) is 5.75 Å². The van der Waals surface area contributed by atoms with E-state index in [0.29, 0.717) is 17.7 Å². The van der Waals surface area contributed by atoms with Crippen LogP contribution in [-0.2, 0) is 6.42 Å². The molecule has 0 bridgehead atoms. The van der Waals surface area contributed by atoms with E-state index >= 15 is 0 Å². The van der Waals surface area contributed by atoms with Crippen molar-refractivity contribution in [3.8, 4) is 5.75 Å². The maximum atomic E-state index is 13.2. The van der Waals surface area contributed by atoms with Crippen molar-refractivity contribution in [3.05, 3.63) is 65.4 Å². The van der Waals surface area contributed by atoms with Crippen LogP contribution < -0.4 is 4.74 Å².